The Kier molecular flexibility index (Phi) is 5.48. The number of benzene rings is 1. The summed E-state index contributed by atoms with van der Waals surface area (Å²) in [5.74, 6) is 4.76. The summed E-state index contributed by atoms with van der Waals surface area (Å²) in [6, 6.07) is 2.77. The van der Waals surface area contributed by atoms with Crippen LogP contribution in [-0.4, -0.2) is 24.5 Å². The maximum atomic E-state index is 13.5. The Morgan fingerprint density at radius 1 is 1.43 bits per heavy atom. The summed E-state index contributed by atoms with van der Waals surface area (Å²) in [6.45, 7) is 7.04. The van der Waals surface area contributed by atoms with E-state index in [9.17, 15) is 14.0 Å². The fourth-order valence-electron chi connectivity index (χ4n) is 1.55. The summed E-state index contributed by atoms with van der Waals surface area (Å²) < 4.78 is 18.5. The number of aryl methyl sites for hydroxylation is 1. The van der Waals surface area contributed by atoms with Crippen LogP contribution in [0.15, 0.2) is 12.1 Å². The zero-order chi connectivity index (χ0) is 16.0. The van der Waals surface area contributed by atoms with Crippen molar-refractivity contribution in [2.24, 2.45) is 0 Å². The predicted molar refractivity (Wildman–Crippen MR) is 77.6 cm³/mol. The smallest absolute Gasteiger partial charge is 0.408 e. The molecule has 1 N–H and O–H groups in total. The third-order valence-corrected chi connectivity index (χ3v) is 2.45. The van der Waals surface area contributed by atoms with E-state index >= 15 is 0 Å². The van der Waals surface area contributed by atoms with Gasteiger partial charge < -0.3 is 10.1 Å². The molecule has 0 heterocycles. The average molecular weight is 291 g/mol. The van der Waals surface area contributed by atoms with E-state index in [1.807, 2.05) is 0 Å². The predicted octanol–water partition coefficient (Wildman–Crippen LogP) is 2.82. The molecule has 0 spiro atoms. The highest BCUT2D eigenvalue weighted by atomic mass is 19.1. The molecule has 0 radical (unpaired) electrons. The first kappa shape index (κ1) is 16.7. The van der Waals surface area contributed by atoms with Gasteiger partial charge in [0.2, 0.25) is 0 Å². The van der Waals surface area contributed by atoms with Gasteiger partial charge in [-0.25, -0.2) is 9.18 Å². The number of hydrogen-bond acceptors (Lipinski definition) is 3. The van der Waals surface area contributed by atoms with Gasteiger partial charge in [0, 0.05) is 5.56 Å². The summed E-state index contributed by atoms with van der Waals surface area (Å²) in [5, 5.41) is 2.46. The summed E-state index contributed by atoms with van der Waals surface area (Å²) in [5.41, 5.74) is 0.375. The van der Waals surface area contributed by atoms with Gasteiger partial charge in [0.05, 0.1) is 12.1 Å². The number of rotatable bonds is 2. The van der Waals surface area contributed by atoms with Gasteiger partial charge in [-0.2, -0.15) is 0 Å². The van der Waals surface area contributed by atoms with E-state index in [0.717, 1.165) is 0 Å². The normalized spacial score (nSPS) is 10.3. The van der Waals surface area contributed by atoms with Crippen molar-refractivity contribution >= 4 is 12.4 Å². The molecule has 0 saturated heterocycles. The molecule has 1 aromatic rings. The van der Waals surface area contributed by atoms with Crippen LogP contribution in [-0.2, 0) is 4.74 Å². The zero-order valence-electron chi connectivity index (χ0n) is 12.5. The van der Waals surface area contributed by atoms with Crippen molar-refractivity contribution < 1.29 is 18.7 Å². The van der Waals surface area contributed by atoms with Crippen LogP contribution in [0.2, 0.25) is 0 Å². The SMILES string of the molecule is Cc1ccc(F)c(C=O)c1C#CCNC(=O)OC(C)(C)C. The van der Waals surface area contributed by atoms with E-state index < -0.39 is 17.5 Å². The van der Waals surface area contributed by atoms with Crippen molar-refractivity contribution in [2.75, 3.05) is 6.54 Å². The Bertz CT molecular complexity index is 606. The maximum Gasteiger partial charge on any atom is 0.408 e. The summed E-state index contributed by atoms with van der Waals surface area (Å²) in [7, 11) is 0. The minimum absolute atomic E-state index is 0.0448. The van der Waals surface area contributed by atoms with E-state index in [1.165, 1.54) is 6.07 Å². The topological polar surface area (TPSA) is 55.4 Å². The largest absolute Gasteiger partial charge is 0.444 e. The molecular weight excluding hydrogens is 273 g/mol. The highest BCUT2D eigenvalue weighted by Gasteiger charge is 2.15. The second kappa shape index (κ2) is 6.89. The number of halogens is 1. The lowest BCUT2D eigenvalue weighted by molar-refractivity contribution is 0.0535. The summed E-state index contributed by atoms with van der Waals surface area (Å²) in [4.78, 5) is 22.3. The van der Waals surface area contributed by atoms with Gasteiger partial charge >= 0.3 is 6.09 Å². The number of carbonyl (C=O) groups is 2. The lowest BCUT2D eigenvalue weighted by Gasteiger charge is -2.19. The van der Waals surface area contributed by atoms with Gasteiger partial charge in [0.25, 0.3) is 0 Å². The van der Waals surface area contributed by atoms with Gasteiger partial charge in [-0.1, -0.05) is 17.9 Å². The third kappa shape index (κ3) is 5.27. The van der Waals surface area contributed by atoms with E-state index in [4.69, 9.17) is 4.74 Å². The van der Waals surface area contributed by atoms with E-state index in [2.05, 4.69) is 17.2 Å². The van der Waals surface area contributed by atoms with Crippen LogP contribution in [0.4, 0.5) is 9.18 Å². The number of ether oxygens (including phenoxy) is 1. The Morgan fingerprint density at radius 2 is 2.10 bits per heavy atom. The molecule has 1 rings (SSSR count). The van der Waals surface area contributed by atoms with Crippen LogP contribution >= 0.6 is 0 Å². The molecule has 0 aliphatic heterocycles. The molecular formula is C16H18FNO3. The number of alkyl carbamates (subject to hydrolysis) is 1. The first-order valence-electron chi connectivity index (χ1n) is 6.44. The molecule has 1 amide bonds. The number of carbonyl (C=O) groups excluding carboxylic acids is 2. The molecule has 0 bridgehead atoms. The minimum Gasteiger partial charge on any atom is -0.444 e. The van der Waals surface area contributed by atoms with Gasteiger partial charge in [0.15, 0.2) is 6.29 Å². The first-order chi connectivity index (χ1) is 9.74. The van der Waals surface area contributed by atoms with Crippen LogP contribution in [0, 0.1) is 24.6 Å². The average Bonchev–Trinajstić information content (AvgIpc) is 2.36. The molecule has 0 fully saturated rings. The van der Waals surface area contributed by atoms with Gasteiger partial charge in [0.1, 0.15) is 11.4 Å². The molecule has 1 aromatic carbocycles. The van der Waals surface area contributed by atoms with Crippen LogP contribution in [0.5, 0.6) is 0 Å². The molecule has 112 valence electrons. The monoisotopic (exact) mass is 291 g/mol. The quantitative estimate of drug-likeness (QED) is 0.673. The Morgan fingerprint density at radius 3 is 2.67 bits per heavy atom. The van der Waals surface area contributed by atoms with Crippen LogP contribution in [0.3, 0.4) is 0 Å². The molecule has 0 aliphatic rings. The molecule has 0 aliphatic carbocycles. The molecule has 5 heteroatoms. The van der Waals surface area contributed by atoms with Gasteiger partial charge in [-0.15, -0.1) is 0 Å². The minimum atomic E-state index is -0.611. The highest BCUT2D eigenvalue weighted by molar-refractivity contribution is 5.80. The second-order valence-corrected chi connectivity index (χ2v) is 5.43. The molecule has 0 atom stereocenters. The van der Waals surface area contributed by atoms with E-state index in [-0.39, 0.29) is 12.1 Å². The Labute approximate surface area is 123 Å². The summed E-state index contributed by atoms with van der Waals surface area (Å²) >= 11 is 0. The summed E-state index contributed by atoms with van der Waals surface area (Å²) in [6.07, 6.45) is -0.142. The number of hydrogen-bond donors (Lipinski definition) is 1. The van der Waals surface area contributed by atoms with Gasteiger partial charge in [-0.3, -0.25) is 4.79 Å². The molecule has 4 nitrogen and oxygen atoms in total. The lowest BCUT2D eigenvalue weighted by atomic mass is 10.0. The van der Waals surface area contributed by atoms with Crippen LogP contribution < -0.4 is 5.32 Å². The van der Waals surface area contributed by atoms with Crippen molar-refractivity contribution in [3.05, 3.63) is 34.6 Å². The van der Waals surface area contributed by atoms with Crippen molar-refractivity contribution in [2.45, 2.75) is 33.3 Å². The van der Waals surface area contributed by atoms with Crippen molar-refractivity contribution in [3.63, 3.8) is 0 Å². The maximum absolute atomic E-state index is 13.5. The highest BCUT2D eigenvalue weighted by Crippen LogP contribution is 2.15. The number of nitrogens with one attached hydrogen (secondary N) is 1. The van der Waals surface area contributed by atoms with E-state index in [1.54, 1.807) is 33.8 Å². The first-order valence-corrected chi connectivity index (χ1v) is 6.44. The number of amides is 1. The second-order valence-electron chi connectivity index (χ2n) is 5.43. The lowest BCUT2D eigenvalue weighted by Crippen LogP contribution is -2.32. The fourth-order valence-corrected chi connectivity index (χ4v) is 1.55. The molecule has 21 heavy (non-hydrogen) atoms. The Balaban J connectivity index is 2.75. The standard InChI is InChI=1S/C16H18FNO3/c1-11-7-8-14(17)13(10-19)12(11)6-5-9-18-15(20)21-16(2,3)4/h7-8,10H,9H2,1-4H3,(H,18,20). The van der Waals surface area contributed by atoms with Crippen LogP contribution in [0.1, 0.15) is 42.3 Å². The van der Waals surface area contributed by atoms with Crippen LogP contribution in [0.25, 0.3) is 0 Å². The van der Waals surface area contributed by atoms with Gasteiger partial charge in [-0.05, 0) is 39.3 Å². The zero-order valence-corrected chi connectivity index (χ0v) is 12.5. The molecule has 0 saturated carbocycles. The van der Waals surface area contributed by atoms with Crippen molar-refractivity contribution in [1.82, 2.24) is 5.32 Å². The molecule has 0 unspecified atom stereocenters. The van der Waals surface area contributed by atoms with E-state index in [0.29, 0.717) is 17.4 Å². The third-order valence-electron chi connectivity index (χ3n) is 2.45. The number of aldehydes is 1. The molecule has 0 aromatic heterocycles. The fraction of sp³-hybridized carbons (Fsp3) is 0.375. The van der Waals surface area contributed by atoms with Crippen molar-refractivity contribution in [1.29, 1.82) is 0 Å². The Hall–Kier alpha value is -2.35. The van der Waals surface area contributed by atoms with Crippen molar-refractivity contribution in [3.8, 4) is 11.8 Å².